The van der Waals surface area contributed by atoms with Gasteiger partial charge in [-0.15, -0.1) is 0 Å². The lowest BCUT2D eigenvalue weighted by Crippen LogP contribution is -2.49. The minimum absolute atomic E-state index is 0.120. The maximum atomic E-state index is 13.4. The van der Waals surface area contributed by atoms with E-state index in [0.29, 0.717) is 28.3 Å². The van der Waals surface area contributed by atoms with Crippen molar-refractivity contribution in [2.45, 2.75) is 13.0 Å². The first kappa shape index (κ1) is 15.8. The van der Waals surface area contributed by atoms with Crippen LogP contribution >= 0.6 is 0 Å². The van der Waals surface area contributed by atoms with Gasteiger partial charge in [0.2, 0.25) is 0 Å². The summed E-state index contributed by atoms with van der Waals surface area (Å²) in [6.07, 6.45) is 0. The minimum Gasteiger partial charge on any atom is -0.456 e. The van der Waals surface area contributed by atoms with Crippen LogP contribution in [0.4, 0.5) is 10.1 Å². The van der Waals surface area contributed by atoms with E-state index in [-0.39, 0.29) is 11.2 Å². The van der Waals surface area contributed by atoms with Crippen LogP contribution in [0.2, 0.25) is 0 Å². The minimum atomic E-state index is -0.358. The van der Waals surface area contributed by atoms with Gasteiger partial charge in [-0.2, -0.15) is 0 Å². The van der Waals surface area contributed by atoms with Crippen LogP contribution in [0.5, 0.6) is 0 Å². The predicted octanol–water partition coefficient (Wildman–Crippen LogP) is 3.40. The Balaban J connectivity index is 1.76. The van der Waals surface area contributed by atoms with Crippen LogP contribution in [0.25, 0.3) is 22.3 Å². The smallest absolute Gasteiger partial charge is 0.193 e. The highest BCUT2D eigenvalue weighted by molar-refractivity contribution is 5.82. The van der Waals surface area contributed by atoms with Gasteiger partial charge in [-0.3, -0.25) is 4.79 Å². The Labute approximate surface area is 144 Å². The molecule has 1 N–H and O–H groups in total. The molecule has 0 amide bonds. The third-order valence-electron chi connectivity index (χ3n) is 4.55. The lowest BCUT2D eigenvalue weighted by Gasteiger charge is -2.33. The standard InChI is InChI=1S/C20H19FN2O2/c1-13-12-23(8-7-22-13)16-5-6-19-17(10-16)18(24)11-20(25-19)14-3-2-4-15(21)9-14/h2-6,9-11,13,22H,7-8,12H2,1H3. The van der Waals surface area contributed by atoms with Gasteiger partial charge in [0.25, 0.3) is 0 Å². The monoisotopic (exact) mass is 338 g/mol. The molecule has 128 valence electrons. The quantitative estimate of drug-likeness (QED) is 0.778. The van der Waals surface area contributed by atoms with Gasteiger partial charge >= 0.3 is 0 Å². The Bertz CT molecular complexity index is 983. The fourth-order valence-electron chi connectivity index (χ4n) is 3.29. The van der Waals surface area contributed by atoms with Crippen molar-refractivity contribution in [1.82, 2.24) is 5.32 Å². The van der Waals surface area contributed by atoms with Gasteiger partial charge in [-0.25, -0.2) is 4.39 Å². The Hall–Kier alpha value is -2.66. The highest BCUT2D eigenvalue weighted by Crippen LogP contribution is 2.26. The van der Waals surface area contributed by atoms with Crippen LogP contribution in [0.3, 0.4) is 0 Å². The van der Waals surface area contributed by atoms with Crippen LogP contribution < -0.4 is 15.6 Å². The summed E-state index contributed by atoms with van der Waals surface area (Å²) < 4.78 is 19.3. The van der Waals surface area contributed by atoms with Gasteiger partial charge in [0.1, 0.15) is 17.2 Å². The van der Waals surface area contributed by atoms with Crippen molar-refractivity contribution >= 4 is 16.7 Å². The average Bonchev–Trinajstić information content (AvgIpc) is 2.61. The van der Waals surface area contributed by atoms with Crippen molar-refractivity contribution < 1.29 is 8.81 Å². The van der Waals surface area contributed by atoms with Crippen molar-refractivity contribution in [2.24, 2.45) is 0 Å². The van der Waals surface area contributed by atoms with Gasteiger partial charge in [0.15, 0.2) is 5.43 Å². The van der Waals surface area contributed by atoms with Crippen LogP contribution in [-0.4, -0.2) is 25.7 Å². The molecule has 1 aliphatic heterocycles. The summed E-state index contributed by atoms with van der Waals surface area (Å²) in [5.74, 6) is 0.0176. The summed E-state index contributed by atoms with van der Waals surface area (Å²) in [7, 11) is 0. The SMILES string of the molecule is CC1CN(c2ccc3oc(-c4cccc(F)c4)cc(=O)c3c2)CCN1. The Morgan fingerprint density at radius 2 is 2.08 bits per heavy atom. The second kappa shape index (κ2) is 6.33. The first-order valence-electron chi connectivity index (χ1n) is 8.42. The van der Waals surface area contributed by atoms with Crippen molar-refractivity contribution in [2.75, 3.05) is 24.5 Å². The van der Waals surface area contributed by atoms with Crippen LogP contribution in [0, 0.1) is 5.82 Å². The maximum Gasteiger partial charge on any atom is 0.193 e. The molecule has 4 nitrogen and oxygen atoms in total. The summed E-state index contributed by atoms with van der Waals surface area (Å²) in [6.45, 7) is 4.87. The van der Waals surface area contributed by atoms with E-state index in [1.54, 1.807) is 12.1 Å². The molecule has 2 aromatic carbocycles. The molecule has 0 radical (unpaired) electrons. The summed E-state index contributed by atoms with van der Waals surface area (Å²) >= 11 is 0. The number of rotatable bonds is 2. The zero-order valence-corrected chi connectivity index (χ0v) is 14.0. The van der Waals surface area contributed by atoms with Gasteiger partial charge in [-0.05, 0) is 37.3 Å². The number of nitrogens with one attached hydrogen (secondary N) is 1. The molecule has 0 saturated carbocycles. The predicted molar refractivity (Wildman–Crippen MR) is 97.6 cm³/mol. The molecule has 1 saturated heterocycles. The van der Waals surface area contributed by atoms with E-state index >= 15 is 0 Å². The highest BCUT2D eigenvalue weighted by atomic mass is 19.1. The number of piperazine rings is 1. The van der Waals surface area contributed by atoms with E-state index in [4.69, 9.17) is 4.42 Å². The molecule has 4 rings (SSSR count). The third kappa shape index (κ3) is 3.15. The maximum absolute atomic E-state index is 13.4. The van der Waals surface area contributed by atoms with Crippen molar-refractivity contribution in [3.8, 4) is 11.3 Å². The zero-order chi connectivity index (χ0) is 17.4. The summed E-state index contributed by atoms with van der Waals surface area (Å²) in [5.41, 5.74) is 1.97. The number of hydrogen-bond acceptors (Lipinski definition) is 4. The van der Waals surface area contributed by atoms with E-state index in [1.165, 1.54) is 18.2 Å². The number of benzene rings is 2. The topological polar surface area (TPSA) is 45.5 Å². The van der Waals surface area contributed by atoms with E-state index in [0.717, 1.165) is 25.3 Å². The summed E-state index contributed by atoms with van der Waals surface area (Å²) in [4.78, 5) is 14.8. The molecular weight excluding hydrogens is 319 g/mol. The highest BCUT2D eigenvalue weighted by Gasteiger charge is 2.17. The Morgan fingerprint density at radius 1 is 1.20 bits per heavy atom. The van der Waals surface area contributed by atoms with Crippen molar-refractivity contribution in [3.63, 3.8) is 0 Å². The molecule has 1 fully saturated rings. The molecule has 1 atom stereocenters. The number of hydrogen-bond donors (Lipinski definition) is 1. The molecule has 5 heteroatoms. The van der Waals surface area contributed by atoms with E-state index in [2.05, 4.69) is 17.1 Å². The zero-order valence-electron chi connectivity index (χ0n) is 14.0. The summed E-state index contributed by atoms with van der Waals surface area (Å²) in [6, 6.07) is 13.6. The lowest BCUT2D eigenvalue weighted by atomic mass is 10.1. The second-order valence-corrected chi connectivity index (χ2v) is 6.47. The van der Waals surface area contributed by atoms with Gasteiger partial charge in [0.05, 0.1) is 5.39 Å². The molecule has 1 unspecified atom stereocenters. The molecule has 0 bridgehead atoms. The number of halogens is 1. The molecule has 3 aromatic rings. The fraction of sp³-hybridized carbons (Fsp3) is 0.250. The fourth-order valence-corrected chi connectivity index (χ4v) is 3.29. The van der Waals surface area contributed by atoms with E-state index in [9.17, 15) is 9.18 Å². The van der Waals surface area contributed by atoms with E-state index in [1.807, 2.05) is 18.2 Å². The number of nitrogens with zero attached hydrogens (tertiary/aromatic N) is 1. The average molecular weight is 338 g/mol. The van der Waals surface area contributed by atoms with Crippen molar-refractivity contribution in [3.05, 3.63) is 64.6 Å². The van der Waals surface area contributed by atoms with Crippen LogP contribution in [0.1, 0.15) is 6.92 Å². The molecule has 1 aromatic heterocycles. The summed E-state index contributed by atoms with van der Waals surface area (Å²) in [5, 5.41) is 3.95. The Morgan fingerprint density at radius 3 is 2.88 bits per heavy atom. The number of anilines is 1. The molecule has 0 aliphatic carbocycles. The molecule has 1 aliphatic rings. The number of fused-ring (bicyclic) bond motifs is 1. The molecule has 0 spiro atoms. The van der Waals surface area contributed by atoms with E-state index < -0.39 is 0 Å². The van der Waals surface area contributed by atoms with Crippen molar-refractivity contribution in [1.29, 1.82) is 0 Å². The van der Waals surface area contributed by atoms with Gasteiger partial charge in [-0.1, -0.05) is 12.1 Å². The van der Waals surface area contributed by atoms with Gasteiger partial charge < -0.3 is 14.6 Å². The largest absolute Gasteiger partial charge is 0.456 e. The van der Waals surface area contributed by atoms with Crippen LogP contribution in [0.15, 0.2) is 57.7 Å². The van der Waals surface area contributed by atoms with Gasteiger partial charge in [0, 0.05) is 43.0 Å². The second-order valence-electron chi connectivity index (χ2n) is 6.47. The Kier molecular flexibility index (Phi) is 4.01. The third-order valence-corrected chi connectivity index (χ3v) is 4.55. The lowest BCUT2D eigenvalue weighted by molar-refractivity contribution is 0.485. The normalized spacial score (nSPS) is 17.8. The molecule has 25 heavy (non-hydrogen) atoms. The first-order chi connectivity index (χ1) is 12.1. The van der Waals surface area contributed by atoms with Crippen LogP contribution in [-0.2, 0) is 0 Å². The molecule has 2 heterocycles. The first-order valence-corrected chi connectivity index (χ1v) is 8.42. The molecular formula is C20H19FN2O2.